The molecule has 0 aliphatic carbocycles. The monoisotopic (exact) mass is 369 g/mol. The van der Waals surface area contributed by atoms with E-state index in [4.69, 9.17) is 4.74 Å². The molecule has 1 N–H and O–H groups in total. The van der Waals surface area contributed by atoms with Crippen LogP contribution in [-0.2, 0) is 0 Å². The van der Waals surface area contributed by atoms with E-state index in [-0.39, 0.29) is 10.2 Å². The van der Waals surface area contributed by atoms with Gasteiger partial charge in [0.15, 0.2) is 0 Å². The minimum atomic E-state index is -4.71. The van der Waals surface area contributed by atoms with Crippen molar-refractivity contribution in [2.75, 3.05) is 13.2 Å². The molecule has 1 atom stereocenters. The van der Waals surface area contributed by atoms with Gasteiger partial charge >= 0.3 is 6.36 Å². The molecule has 0 saturated carbocycles. The van der Waals surface area contributed by atoms with Gasteiger partial charge in [0.05, 0.1) is 4.47 Å². The number of hydrogen-bond acceptors (Lipinski definition) is 3. The number of rotatable bonds is 7. The number of halogens is 4. The summed E-state index contributed by atoms with van der Waals surface area (Å²) in [6, 6.07) is 4.49. The maximum atomic E-state index is 12.1. The Morgan fingerprint density at radius 2 is 1.90 bits per heavy atom. The van der Waals surface area contributed by atoms with Gasteiger partial charge in [-0.25, -0.2) is 0 Å². The van der Waals surface area contributed by atoms with Gasteiger partial charge in [0, 0.05) is 12.6 Å². The molecule has 1 aromatic carbocycles. The molecular weight excluding hydrogens is 351 g/mol. The van der Waals surface area contributed by atoms with Gasteiger partial charge in [0.1, 0.15) is 18.1 Å². The van der Waals surface area contributed by atoms with Crippen molar-refractivity contribution in [1.82, 2.24) is 5.32 Å². The molecule has 120 valence electrons. The first kappa shape index (κ1) is 18.1. The summed E-state index contributed by atoms with van der Waals surface area (Å²) in [7, 11) is 0. The number of hydrogen-bond donors (Lipinski definition) is 1. The number of nitrogens with one attached hydrogen (secondary N) is 1. The number of benzene rings is 1. The topological polar surface area (TPSA) is 30.5 Å². The SMILES string of the molecule is CC(C)C(C)NCCOc1ccc(OC(F)(F)F)c(Br)c1. The van der Waals surface area contributed by atoms with E-state index in [1.54, 1.807) is 0 Å². The van der Waals surface area contributed by atoms with Crippen LogP contribution in [0.2, 0.25) is 0 Å². The predicted molar refractivity (Wildman–Crippen MR) is 78.6 cm³/mol. The standard InChI is InChI=1S/C14H19BrF3NO2/c1-9(2)10(3)19-6-7-20-11-4-5-13(12(15)8-11)21-14(16,17)18/h4-5,8-10,19H,6-7H2,1-3H3. The molecule has 0 saturated heterocycles. The third-order valence-corrected chi connectivity index (χ3v) is 3.59. The van der Waals surface area contributed by atoms with Crippen molar-refractivity contribution >= 4 is 15.9 Å². The molecule has 3 nitrogen and oxygen atoms in total. The van der Waals surface area contributed by atoms with Crippen molar-refractivity contribution in [2.24, 2.45) is 5.92 Å². The van der Waals surface area contributed by atoms with Crippen LogP contribution in [0.3, 0.4) is 0 Å². The lowest BCUT2D eigenvalue weighted by atomic mass is 10.1. The van der Waals surface area contributed by atoms with Gasteiger partial charge in [0.2, 0.25) is 0 Å². The van der Waals surface area contributed by atoms with E-state index in [1.807, 2.05) is 0 Å². The van der Waals surface area contributed by atoms with E-state index in [2.05, 4.69) is 46.8 Å². The van der Waals surface area contributed by atoms with E-state index >= 15 is 0 Å². The Hall–Kier alpha value is -0.950. The molecule has 21 heavy (non-hydrogen) atoms. The zero-order valence-corrected chi connectivity index (χ0v) is 13.7. The highest BCUT2D eigenvalue weighted by molar-refractivity contribution is 9.10. The summed E-state index contributed by atoms with van der Waals surface area (Å²) in [5, 5.41) is 3.30. The van der Waals surface area contributed by atoms with Crippen LogP contribution >= 0.6 is 15.9 Å². The lowest BCUT2D eigenvalue weighted by molar-refractivity contribution is -0.274. The highest BCUT2D eigenvalue weighted by atomic mass is 79.9. The zero-order valence-electron chi connectivity index (χ0n) is 12.1. The minimum Gasteiger partial charge on any atom is -0.492 e. The molecule has 1 rings (SSSR count). The molecule has 0 aromatic heterocycles. The summed E-state index contributed by atoms with van der Waals surface area (Å²) in [6.07, 6.45) is -4.71. The van der Waals surface area contributed by atoms with Gasteiger partial charge in [-0.05, 0) is 47.0 Å². The maximum absolute atomic E-state index is 12.1. The Bertz CT molecular complexity index is 452. The number of ether oxygens (including phenoxy) is 2. The molecule has 1 aromatic rings. The second-order valence-corrected chi connectivity index (χ2v) is 5.83. The Morgan fingerprint density at radius 1 is 1.24 bits per heavy atom. The molecule has 7 heteroatoms. The molecule has 0 aliphatic heterocycles. The van der Waals surface area contributed by atoms with Crippen molar-refractivity contribution in [3.63, 3.8) is 0 Å². The van der Waals surface area contributed by atoms with Crippen LogP contribution in [0.25, 0.3) is 0 Å². The Labute approximate surface area is 130 Å². The molecule has 0 radical (unpaired) electrons. The fraction of sp³-hybridized carbons (Fsp3) is 0.571. The summed E-state index contributed by atoms with van der Waals surface area (Å²) in [5.74, 6) is 0.717. The summed E-state index contributed by atoms with van der Waals surface area (Å²) < 4.78 is 45.9. The van der Waals surface area contributed by atoms with E-state index in [1.165, 1.54) is 18.2 Å². The van der Waals surface area contributed by atoms with Crippen LogP contribution in [0.5, 0.6) is 11.5 Å². The highest BCUT2D eigenvalue weighted by Crippen LogP contribution is 2.33. The van der Waals surface area contributed by atoms with E-state index < -0.39 is 6.36 Å². The highest BCUT2D eigenvalue weighted by Gasteiger charge is 2.31. The normalized spacial score (nSPS) is 13.3. The molecule has 0 aliphatic rings. The molecule has 1 unspecified atom stereocenters. The summed E-state index contributed by atoms with van der Waals surface area (Å²) >= 11 is 3.03. The molecule has 0 amide bonds. The number of alkyl halides is 3. The summed E-state index contributed by atoms with van der Waals surface area (Å²) in [4.78, 5) is 0. The van der Waals surface area contributed by atoms with Crippen molar-refractivity contribution in [2.45, 2.75) is 33.2 Å². The smallest absolute Gasteiger partial charge is 0.492 e. The van der Waals surface area contributed by atoms with E-state index in [9.17, 15) is 13.2 Å². The predicted octanol–water partition coefficient (Wildman–Crippen LogP) is 4.36. The van der Waals surface area contributed by atoms with Crippen LogP contribution in [-0.4, -0.2) is 25.6 Å². The average Bonchev–Trinajstić information content (AvgIpc) is 2.36. The molecular formula is C14H19BrF3NO2. The van der Waals surface area contributed by atoms with Gasteiger partial charge in [-0.2, -0.15) is 0 Å². The fourth-order valence-corrected chi connectivity index (χ4v) is 1.91. The van der Waals surface area contributed by atoms with Gasteiger partial charge < -0.3 is 14.8 Å². The van der Waals surface area contributed by atoms with Crippen molar-refractivity contribution in [1.29, 1.82) is 0 Å². The molecule has 0 heterocycles. The molecule has 0 bridgehead atoms. The second kappa shape index (κ2) is 7.89. The quantitative estimate of drug-likeness (QED) is 0.724. The van der Waals surface area contributed by atoms with Crippen LogP contribution in [0.15, 0.2) is 22.7 Å². The van der Waals surface area contributed by atoms with Crippen molar-refractivity contribution in [3.8, 4) is 11.5 Å². The second-order valence-electron chi connectivity index (χ2n) is 4.98. The molecule has 0 fully saturated rings. The van der Waals surface area contributed by atoms with Gasteiger partial charge in [-0.15, -0.1) is 13.2 Å². The largest absolute Gasteiger partial charge is 0.573 e. The Kier molecular flexibility index (Phi) is 6.80. The first-order valence-electron chi connectivity index (χ1n) is 6.60. The minimum absolute atomic E-state index is 0.195. The Balaban J connectivity index is 2.45. The first-order chi connectivity index (χ1) is 9.69. The molecule has 0 spiro atoms. The third-order valence-electron chi connectivity index (χ3n) is 2.97. The van der Waals surface area contributed by atoms with Crippen molar-refractivity contribution in [3.05, 3.63) is 22.7 Å². The van der Waals surface area contributed by atoms with E-state index in [0.717, 1.165) is 0 Å². The Morgan fingerprint density at radius 3 is 2.43 bits per heavy atom. The van der Waals surface area contributed by atoms with Crippen LogP contribution < -0.4 is 14.8 Å². The third kappa shape index (κ3) is 7.04. The lowest BCUT2D eigenvalue weighted by Crippen LogP contribution is -2.33. The first-order valence-corrected chi connectivity index (χ1v) is 7.40. The summed E-state index contributed by atoms with van der Waals surface area (Å²) in [6.45, 7) is 7.43. The fourth-order valence-electron chi connectivity index (χ4n) is 1.47. The average molecular weight is 370 g/mol. The van der Waals surface area contributed by atoms with Crippen LogP contribution in [0.4, 0.5) is 13.2 Å². The van der Waals surface area contributed by atoms with Crippen LogP contribution in [0, 0.1) is 5.92 Å². The van der Waals surface area contributed by atoms with Gasteiger partial charge in [-0.3, -0.25) is 0 Å². The maximum Gasteiger partial charge on any atom is 0.573 e. The lowest BCUT2D eigenvalue weighted by Gasteiger charge is -2.17. The zero-order chi connectivity index (χ0) is 16.0. The van der Waals surface area contributed by atoms with E-state index in [0.29, 0.717) is 30.9 Å². The van der Waals surface area contributed by atoms with Gasteiger partial charge in [0.25, 0.3) is 0 Å². The van der Waals surface area contributed by atoms with Crippen molar-refractivity contribution < 1.29 is 22.6 Å². The summed E-state index contributed by atoms with van der Waals surface area (Å²) in [5.41, 5.74) is 0. The van der Waals surface area contributed by atoms with Crippen LogP contribution in [0.1, 0.15) is 20.8 Å². The van der Waals surface area contributed by atoms with Gasteiger partial charge in [-0.1, -0.05) is 13.8 Å².